The highest BCUT2D eigenvalue weighted by Crippen LogP contribution is 2.14. The minimum Gasteiger partial charge on any atom is -0.348 e. The van der Waals surface area contributed by atoms with E-state index in [1.54, 1.807) is 0 Å². The molecule has 0 atom stereocenters. The van der Waals surface area contributed by atoms with Crippen LogP contribution >= 0.6 is 0 Å². The third-order valence-corrected chi connectivity index (χ3v) is 2.09. The second-order valence-electron chi connectivity index (χ2n) is 3.12. The van der Waals surface area contributed by atoms with Gasteiger partial charge in [-0.1, -0.05) is 0 Å². The van der Waals surface area contributed by atoms with Gasteiger partial charge in [0.05, 0.1) is 0 Å². The lowest BCUT2D eigenvalue weighted by atomic mass is 9.94. The Morgan fingerprint density at radius 1 is 1.38 bits per heavy atom. The van der Waals surface area contributed by atoms with Gasteiger partial charge in [0.1, 0.15) is 5.78 Å². The van der Waals surface area contributed by atoms with Gasteiger partial charge in [-0.05, 0) is 12.8 Å². The van der Waals surface area contributed by atoms with E-state index in [1.165, 1.54) is 0 Å². The minimum atomic E-state index is -2.96. The maximum atomic E-state index is 11.8. The monoisotopic (exact) mass is 191 g/mol. The third kappa shape index (κ3) is 3.08. The molecule has 0 aromatic rings. The maximum Gasteiger partial charge on any atom is 0.315 e. The summed E-state index contributed by atoms with van der Waals surface area (Å²) in [6.45, 7) is 0. The normalized spacial score (nSPS) is 19.2. The van der Waals surface area contributed by atoms with Gasteiger partial charge in [-0.25, -0.2) is 0 Å². The van der Waals surface area contributed by atoms with Gasteiger partial charge in [0, 0.05) is 18.9 Å². The van der Waals surface area contributed by atoms with E-state index < -0.39 is 12.3 Å². The SMILES string of the molecule is O=C1CCC(NC(=O)C(F)F)CC1. The van der Waals surface area contributed by atoms with Gasteiger partial charge in [0.2, 0.25) is 0 Å². The molecule has 1 aliphatic rings. The Morgan fingerprint density at radius 2 is 1.92 bits per heavy atom. The average molecular weight is 191 g/mol. The van der Waals surface area contributed by atoms with Crippen molar-refractivity contribution in [2.75, 3.05) is 0 Å². The van der Waals surface area contributed by atoms with Gasteiger partial charge in [-0.3, -0.25) is 9.59 Å². The predicted molar refractivity (Wildman–Crippen MR) is 41.4 cm³/mol. The van der Waals surface area contributed by atoms with Crippen LogP contribution in [0, 0.1) is 0 Å². The molecule has 1 N–H and O–H groups in total. The van der Waals surface area contributed by atoms with E-state index >= 15 is 0 Å². The molecule has 0 radical (unpaired) electrons. The molecule has 5 heteroatoms. The number of hydrogen-bond acceptors (Lipinski definition) is 2. The molecule has 0 aromatic heterocycles. The van der Waals surface area contributed by atoms with Crippen LogP contribution in [0.4, 0.5) is 8.78 Å². The van der Waals surface area contributed by atoms with Crippen LogP contribution in [0.3, 0.4) is 0 Å². The minimum absolute atomic E-state index is 0.141. The van der Waals surface area contributed by atoms with Crippen molar-refractivity contribution in [1.29, 1.82) is 0 Å². The zero-order chi connectivity index (χ0) is 9.84. The Kier molecular flexibility index (Phi) is 3.33. The van der Waals surface area contributed by atoms with Crippen LogP contribution in [-0.4, -0.2) is 24.2 Å². The van der Waals surface area contributed by atoms with Crippen LogP contribution in [0.15, 0.2) is 0 Å². The fourth-order valence-corrected chi connectivity index (χ4v) is 1.35. The Labute approximate surface area is 74.5 Å². The van der Waals surface area contributed by atoms with Crippen LogP contribution in [0.2, 0.25) is 0 Å². The molecule has 0 aromatic carbocycles. The Hall–Kier alpha value is -1.00. The molecular formula is C8H11F2NO2. The highest BCUT2D eigenvalue weighted by atomic mass is 19.3. The van der Waals surface area contributed by atoms with E-state index in [0.717, 1.165) is 0 Å². The quantitative estimate of drug-likeness (QED) is 0.704. The summed E-state index contributed by atoms with van der Waals surface area (Å²) < 4.78 is 23.6. The largest absolute Gasteiger partial charge is 0.348 e. The molecule has 1 saturated carbocycles. The molecule has 13 heavy (non-hydrogen) atoms. The Bertz CT molecular complexity index is 208. The second-order valence-corrected chi connectivity index (χ2v) is 3.12. The summed E-state index contributed by atoms with van der Waals surface area (Å²) in [5.41, 5.74) is 0. The van der Waals surface area contributed by atoms with E-state index in [-0.39, 0.29) is 11.8 Å². The molecule has 1 rings (SSSR count). The van der Waals surface area contributed by atoms with E-state index in [9.17, 15) is 18.4 Å². The van der Waals surface area contributed by atoms with Crippen LogP contribution < -0.4 is 5.32 Å². The Balaban J connectivity index is 2.30. The molecule has 0 heterocycles. The van der Waals surface area contributed by atoms with Crippen molar-refractivity contribution in [3.63, 3.8) is 0 Å². The molecule has 3 nitrogen and oxygen atoms in total. The van der Waals surface area contributed by atoms with Crippen molar-refractivity contribution >= 4 is 11.7 Å². The first-order valence-electron chi connectivity index (χ1n) is 4.20. The highest BCUT2D eigenvalue weighted by molar-refractivity contribution is 5.81. The standard InChI is InChI=1S/C8H11F2NO2/c9-7(10)8(13)11-5-1-3-6(12)4-2-5/h5,7H,1-4H2,(H,11,13). The van der Waals surface area contributed by atoms with Crippen molar-refractivity contribution in [2.45, 2.75) is 38.2 Å². The van der Waals surface area contributed by atoms with Crippen molar-refractivity contribution in [2.24, 2.45) is 0 Å². The molecule has 0 aliphatic heterocycles. The van der Waals surface area contributed by atoms with Gasteiger partial charge < -0.3 is 5.32 Å². The van der Waals surface area contributed by atoms with Crippen LogP contribution in [0.1, 0.15) is 25.7 Å². The summed E-state index contributed by atoms with van der Waals surface area (Å²) in [5, 5.41) is 2.20. The molecular weight excluding hydrogens is 180 g/mol. The maximum absolute atomic E-state index is 11.8. The number of carbonyl (C=O) groups excluding carboxylic acids is 2. The first kappa shape index (κ1) is 10.1. The summed E-state index contributed by atoms with van der Waals surface area (Å²) >= 11 is 0. The predicted octanol–water partition coefficient (Wildman–Crippen LogP) is 0.879. The smallest absolute Gasteiger partial charge is 0.315 e. The number of Topliss-reactive ketones (excluding diaryl/α,β-unsaturated/α-hetero) is 1. The summed E-state index contributed by atoms with van der Waals surface area (Å²) in [6.07, 6.45) is -1.23. The van der Waals surface area contributed by atoms with Crippen molar-refractivity contribution < 1.29 is 18.4 Å². The number of carbonyl (C=O) groups is 2. The van der Waals surface area contributed by atoms with Crippen molar-refractivity contribution in [1.82, 2.24) is 5.32 Å². The number of nitrogens with one attached hydrogen (secondary N) is 1. The van der Waals surface area contributed by atoms with Crippen LogP contribution in [0.25, 0.3) is 0 Å². The molecule has 1 aliphatic carbocycles. The number of amides is 1. The van der Waals surface area contributed by atoms with Gasteiger partial charge in [0.15, 0.2) is 0 Å². The van der Waals surface area contributed by atoms with E-state index in [1.807, 2.05) is 0 Å². The highest BCUT2D eigenvalue weighted by Gasteiger charge is 2.23. The van der Waals surface area contributed by atoms with Crippen molar-refractivity contribution in [3.05, 3.63) is 0 Å². The van der Waals surface area contributed by atoms with Gasteiger partial charge in [0.25, 0.3) is 5.91 Å². The third-order valence-electron chi connectivity index (χ3n) is 2.09. The first-order valence-corrected chi connectivity index (χ1v) is 4.20. The van der Waals surface area contributed by atoms with E-state index in [0.29, 0.717) is 25.7 Å². The number of hydrogen-bond donors (Lipinski definition) is 1. The van der Waals surface area contributed by atoms with Crippen LogP contribution in [-0.2, 0) is 9.59 Å². The van der Waals surface area contributed by atoms with Gasteiger partial charge >= 0.3 is 6.43 Å². The fraction of sp³-hybridized carbons (Fsp3) is 0.750. The molecule has 0 bridgehead atoms. The summed E-state index contributed by atoms with van der Waals surface area (Å²) in [4.78, 5) is 21.3. The summed E-state index contributed by atoms with van der Waals surface area (Å²) in [6, 6.07) is -0.251. The van der Waals surface area contributed by atoms with Gasteiger partial charge in [-0.15, -0.1) is 0 Å². The summed E-state index contributed by atoms with van der Waals surface area (Å²) in [5.74, 6) is -1.10. The van der Waals surface area contributed by atoms with Crippen LogP contribution in [0.5, 0.6) is 0 Å². The zero-order valence-corrected chi connectivity index (χ0v) is 7.06. The molecule has 0 unspecified atom stereocenters. The lowest BCUT2D eigenvalue weighted by molar-refractivity contribution is -0.133. The molecule has 0 spiro atoms. The van der Waals surface area contributed by atoms with Gasteiger partial charge in [-0.2, -0.15) is 8.78 Å². The average Bonchev–Trinajstić information content (AvgIpc) is 2.08. The second kappa shape index (κ2) is 4.30. The number of alkyl halides is 2. The summed E-state index contributed by atoms with van der Waals surface area (Å²) in [7, 11) is 0. The molecule has 0 saturated heterocycles. The van der Waals surface area contributed by atoms with E-state index in [4.69, 9.17) is 0 Å². The Morgan fingerprint density at radius 3 is 2.38 bits per heavy atom. The first-order chi connectivity index (χ1) is 6.09. The lowest BCUT2D eigenvalue weighted by Gasteiger charge is -2.21. The molecule has 74 valence electrons. The van der Waals surface area contributed by atoms with E-state index in [2.05, 4.69) is 5.32 Å². The number of rotatable bonds is 2. The molecule has 1 fully saturated rings. The lowest BCUT2D eigenvalue weighted by Crippen LogP contribution is -2.40. The fourth-order valence-electron chi connectivity index (χ4n) is 1.35. The van der Waals surface area contributed by atoms with Crippen molar-refractivity contribution in [3.8, 4) is 0 Å². The zero-order valence-electron chi connectivity index (χ0n) is 7.06. The number of halogens is 2. The molecule has 1 amide bonds. The topological polar surface area (TPSA) is 46.2 Å². The number of ketones is 1.